The molecule has 1 amide bonds. The standard InChI is InChI=1S/C18H14F3NO3/c1-10-16(12-9-11(24-2)7-8-15(12)25-10)17(23)22-14-6-4-3-5-13(14)18(19,20)21/h3-9H,1-2H3,(H,22,23). The number of methoxy groups -OCH3 is 1. The number of nitrogens with one attached hydrogen (secondary N) is 1. The Morgan fingerprint density at radius 2 is 1.88 bits per heavy atom. The van der Waals surface area contributed by atoms with Gasteiger partial charge in [-0.15, -0.1) is 0 Å². The molecule has 0 saturated carbocycles. The van der Waals surface area contributed by atoms with Crippen molar-refractivity contribution < 1.29 is 27.1 Å². The van der Waals surface area contributed by atoms with Crippen molar-refractivity contribution in [1.82, 2.24) is 0 Å². The van der Waals surface area contributed by atoms with E-state index in [1.807, 2.05) is 0 Å². The maximum absolute atomic E-state index is 13.1. The fourth-order valence-corrected chi connectivity index (χ4v) is 2.63. The first-order valence-electron chi connectivity index (χ1n) is 7.36. The third-order valence-electron chi connectivity index (χ3n) is 3.78. The molecule has 0 fully saturated rings. The van der Waals surface area contributed by atoms with Crippen molar-refractivity contribution in [1.29, 1.82) is 0 Å². The van der Waals surface area contributed by atoms with Crippen LogP contribution in [0.25, 0.3) is 11.0 Å². The van der Waals surface area contributed by atoms with Gasteiger partial charge in [-0.1, -0.05) is 12.1 Å². The minimum Gasteiger partial charge on any atom is -0.497 e. The van der Waals surface area contributed by atoms with Crippen LogP contribution in [0.5, 0.6) is 5.75 Å². The van der Waals surface area contributed by atoms with E-state index in [0.29, 0.717) is 22.5 Å². The molecule has 0 atom stereocenters. The van der Waals surface area contributed by atoms with Gasteiger partial charge >= 0.3 is 6.18 Å². The number of carbonyl (C=O) groups excluding carboxylic acids is 1. The quantitative estimate of drug-likeness (QED) is 0.722. The number of alkyl halides is 3. The number of fused-ring (bicyclic) bond motifs is 1. The van der Waals surface area contributed by atoms with Crippen molar-refractivity contribution in [3.63, 3.8) is 0 Å². The topological polar surface area (TPSA) is 51.5 Å². The van der Waals surface area contributed by atoms with E-state index in [1.54, 1.807) is 25.1 Å². The van der Waals surface area contributed by atoms with Crippen LogP contribution in [0.4, 0.5) is 18.9 Å². The molecule has 1 N–H and O–H groups in total. The normalized spacial score (nSPS) is 11.6. The molecule has 0 aliphatic carbocycles. The van der Waals surface area contributed by atoms with Crippen molar-refractivity contribution in [2.75, 3.05) is 12.4 Å². The number of carbonyl (C=O) groups is 1. The first-order chi connectivity index (χ1) is 11.8. The van der Waals surface area contributed by atoms with E-state index in [0.717, 1.165) is 6.07 Å². The number of aryl methyl sites for hydroxylation is 1. The predicted octanol–water partition coefficient (Wildman–Crippen LogP) is 5.02. The van der Waals surface area contributed by atoms with E-state index in [9.17, 15) is 18.0 Å². The first kappa shape index (κ1) is 16.9. The lowest BCUT2D eigenvalue weighted by molar-refractivity contribution is -0.136. The van der Waals surface area contributed by atoms with E-state index < -0.39 is 17.6 Å². The van der Waals surface area contributed by atoms with Crippen molar-refractivity contribution in [2.24, 2.45) is 0 Å². The third-order valence-corrected chi connectivity index (χ3v) is 3.78. The fourth-order valence-electron chi connectivity index (χ4n) is 2.63. The Balaban J connectivity index is 2.03. The van der Waals surface area contributed by atoms with E-state index in [4.69, 9.17) is 9.15 Å². The van der Waals surface area contributed by atoms with Crippen molar-refractivity contribution in [3.05, 3.63) is 59.4 Å². The summed E-state index contributed by atoms with van der Waals surface area (Å²) < 4.78 is 49.9. The predicted molar refractivity (Wildman–Crippen MR) is 86.9 cm³/mol. The zero-order chi connectivity index (χ0) is 18.2. The van der Waals surface area contributed by atoms with Gasteiger partial charge < -0.3 is 14.5 Å². The fraction of sp³-hybridized carbons (Fsp3) is 0.167. The molecule has 0 aliphatic rings. The largest absolute Gasteiger partial charge is 0.497 e. The van der Waals surface area contributed by atoms with Crippen LogP contribution in [0, 0.1) is 6.92 Å². The number of rotatable bonds is 3. The van der Waals surface area contributed by atoms with Crippen LogP contribution >= 0.6 is 0 Å². The smallest absolute Gasteiger partial charge is 0.418 e. The summed E-state index contributed by atoms with van der Waals surface area (Å²) in [5.41, 5.74) is -0.596. The van der Waals surface area contributed by atoms with Gasteiger partial charge in [-0.05, 0) is 37.3 Å². The van der Waals surface area contributed by atoms with Gasteiger partial charge in [0.15, 0.2) is 0 Å². The summed E-state index contributed by atoms with van der Waals surface area (Å²) in [5.74, 6) is 0.143. The summed E-state index contributed by atoms with van der Waals surface area (Å²) in [5, 5.41) is 2.80. The lowest BCUT2D eigenvalue weighted by Crippen LogP contribution is -2.17. The zero-order valence-electron chi connectivity index (χ0n) is 13.4. The Bertz CT molecular complexity index is 944. The second kappa shape index (κ2) is 6.16. The van der Waals surface area contributed by atoms with Crippen molar-refractivity contribution >= 4 is 22.6 Å². The Morgan fingerprint density at radius 1 is 1.16 bits per heavy atom. The van der Waals surface area contributed by atoms with Crippen LogP contribution in [-0.2, 0) is 6.18 Å². The summed E-state index contributed by atoms with van der Waals surface area (Å²) in [7, 11) is 1.48. The van der Waals surface area contributed by atoms with Crippen LogP contribution in [0.1, 0.15) is 21.7 Å². The second-order valence-electron chi connectivity index (χ2n) is 5.39. The molecule has 4 nitrogen and oxygen atoms in total. The second-order valence-corrected chi connectivity index (χ2v) is 5.39. The highest BCUT2D eigenvalue weighted by molar-refractivity contribution is 6.13. The minimum absolute atomic E-state index is 0.172. The van der Waals surface area contributed by atoms with Crippen LogP contribution < -0.4 is 10.1 Å². The lowest BCUT2D eigenvalue weighted by Gasteiger charge is -2.13. The zero-order valence-corrected chi connectivity index (χ0v) is 13.4. The summed E-state index contributed by atoms with van der Waals surface area (Å²) in [6.45, 7) is 1.58. The molecule has 3 rings (SSSR count). The van der Waals surface area contributed by atoms with Gasteiger partial charge in [-0.2, -0.15) is 13.2 Å². The molecule has 0 radical (unpaired) electrons. The van der Waals surface area contributed by atoms with Gasteiger partial charge in [0.1, 0.15) is 17.1 Å². The number of para-hydroxylation sites is 1. The summed E-state index contributed by atoms with van der Waals surface area (Å²) >= 11 is 0. The third kappa shape index (κ3) is 3.17. The molecule has 0 bridgehead atoms. The first-order valence-corrected chi connectivity index (χ1v) is 7.36. The van der Waals surface area contributed by atoms with E-state index in [-0.39, 0.29) is 11.3 Å². The molecule has 1 heterocycles. The molecule has 7 heteroatoms. The highest BCUT2D eigenvalue weighted by Crippen LogP contribution is 2.35. The van der Waals surface area contributed by atoms with Gasteiger partial charge in [0, 0.05) is 5.39 Å². The molecule has 25 heavy (non-hydrogen) atoms. The number of hydrogen-bond donors (Lipinski definition) is 1. The number of halogens is 3. The van der Waals surface area contributed by atoms with Crippen LogP contribution in [0.15, 0.2) is 46.9 Å². The monoisotopic (exact) mass is 349 g/mol. The number of benzene rings is 2. The minimum atomic E-state index is -4.57. The number of hydrogen-bond acceptors (Lipinski definition) is 3. The molecule has 130 valence electrons. The Morgan fingerprint density at radius 3 is 2.56 bits per heavy atom. The highest BCUT2D eigenvalue weighted by atomic mass is 19.4. The van der Waals surface area contributed by atoms with Gasteiger partial charge in [0.05, 0.1) is 23.9 Å². The molecule has 3 aromatic rings. The van der Waals surface area contributed by atoms with Crippen LogP contribution in [0.3, 0.4) is 0 Å². The van der Waals surface area contributed by atoms with E-state index in [2.05, 4.69) is 5.32 Å². The van der Waals surface area contributed by atoms with Gasteiger partial charge in [-0.25, -0.2) is 0 Å². The summed E-state index contributed by atoms with van der Waals surface area (Å²) in [4.78, 5) is 12.6. The average Bonchev–Trinajstić information content (AvgIpc) is 2.89. The Kier molecular flexibility index (Phi) is 4.16. The number of anilines is 1. The van der Waals surface area contributed by atoms with Crippen LogP contribution in [0.2, 0.25) is 0 Å². The van der Waals surface area contributed by atoms with E-state index >= 15 is 0 Å². The van der Waals surface area contributed by atoms with Crippen molar-refractivity contribution in [3.8, 4) is 5.75 Å². The molecule has 0 aliphatic heterocycles. The number of furan rings is 1. The molecule has 2 aromatic carbocycles. The van der Waals surface area contributed by atoms with Crippen LogP contribution in [-0.4, -0.2) is 13.0 Å². The van der Waals surface area contributed by atoms with Gasteiger partial charge in [0.25, 0.3) is 5.91 Å². The maximum Gasteiger partial charge on any atom is 0.418 e. The number of ether oxygens (including phenoxy) is 1. The molecular weight excluding hydrogens is 335 g/mol. The molecule has 0 unspecified atom stereocenters. The van der Waals surface area contributed by atoms with Gasteiger partial charge in [0.2, 0.25) is 0 Å². The lowest BCUT2D eigenvalue weighted by atomic mass is 10.1. The molecule has 0 saturated heterocycles. The van der Waals surface area contributed by atoms with Gasteiger partial charge in [-0.3, -0.25) is 4.79 Å². The molecule has 0 spiro atoms. The average molecular weight is 349 g/mol. The Labute approximate surface area is 141 Å². The SMILES string of the molecule is COc1ccc2oc(C)c(C(=O)Nc3ccccc3C(F)(F)F)c2c1. The maximum atomic E-state index is 13.1. The Hall–Kier alpha value is -2.96. The van der Waals surface area contributed by atoms with Crippen molar-refractivity contribution in [2.45, 2.75) is 13.1 Å². The number of amides is 1. The molecule has 1 aromatic heterocycles. The van der Waals surface area contributed by atoms with E-state index in [1.165, 1.54) is 25.3 Å². The molecular formula is C18H14F3NO3. The summed E-state index contributed by atoms with van der Waals surface area (Å²) in [6, 6.07) is 9.73. The highest BCUT2D eigenvalue weighted by Gasteiger charge is 2.34. The summed E-state index contributed by atoms with van der Waals surface area (Å²) in [6.07, 6.45) is -4.57.